The molecule has 0 radical (unpaired) electrons. The normalized spacial score (nSPS) is 28.8. The monoisotopic (exact) mass is 318 g/mol. The summed E-state index contributed by atoms with van der Waals surface area (Å²) in [4.78, 5) is 4.36. The van der Waals surface area contributed by atoms with E-state index in [4.69, 9.17) is 0 Å². The molecule has 3 atom stereocenters. The Morgan fingerprint density at radius 3 is 2.57 bits per heavy atom. The molecular formula is C15H21F3N2S. The lowest BCUT2D eigenvalue weighted by Crippen LogP contribution is -2.23. The highest BCUT2D eigenvalue weighted by atomic mass is 32.1. The highest BCUT2D eigenvalue weighted by molar-refractivity contribution is 7.11. The number of hydrogen-bond acceptors (Lipinski definition) is 3. The highest BCUT2D eigenvalue weighted by Gasteiger charge is 2.44. The minimum Gasteiger partial charge on any atom is -0.310 e. The summed E-state index contributed by atoms with van der Waals surface area (Å²) in [6, 6.07) is 0.166. The number of halogens is 3. The van der Waals surface area contributed by atoms with Crippen LogP contribution in [-0.2, 0) is 12.7 Å². The minimum atomic E-state index is -4.35. The lowest BCUT2D eigenvalue weighted by molar-refractivity contribution is -0.141. The summed E-state index contributed by atoms with van der Waals surface area (Å²) in [5, 5.41) is 3.80. The smallest absolute Gasteiger partial charge is 0.310 e. The van der Waals surface area contributed by atoms with Crippen molar-refractivity contribution in [3.8, 4) is 0 Å². The molecular weight excluding hydrogens is 297 g/mol. The second-order valence-corrected chi connectivity index (χ2v) is 7.75. The van der Waals surface area contributed by atoms with Gasteiger partial charge >= 0.3 is 6.18 Å². The van der Waals surface area contributed by atoms with Crippen molar-refractivity contribution in [3.05, 3.63) is 15.6 Å². The molecule has 1 aromatic heterocycles. The van der Waals surface area contributed by atoms with Gasteiger partial charge in [-0.15, -0.1) is 11.3 Å². The molecule has 118 valence electrons. The fraction of sp³-hybridized carbons (Fsp3) is 0.800. The van der Waals surface area contributed by atoms with E-state index in [2.05, 4.69) is 10.3 Å². The molecule has 2 nitrogen and oxygen atoms in total. The van der Waals surface area contributed by atoms with Gasteiger partial charge in [0.1, 0.15) is 0 Å². The van der Waals surface area contributed by atoms with Crippen LogP contribution >= 0.6 is 11.3 Å². The van der Waals surface area contributed by atoms with E-state index in [9.17, 15) is 13.2 Å². The Bertz CT molecular complexity index is 510. The van der Waals surface area contributed by atoms with Crippen molar-refractivity contribution in [2.75, 3.05) is 0 Å². The molecule has 6 heteroatoms. The summed E-state index contributed by atoms with van der Waals surface area (Å²) in [7, 11) is 0. The molecule has 3 unspecified atom stereocenters. The zero-order valence-electron chi connectivity index (χ0n) is 12.3. The lowest BCUT2D eigenvalue weighted by atomic mass is 9.89. The van der Waals surface area contributed by atoms with Crippen molar-refractivity contribution in [3.63, 3.8) is 0 Å². The number of hydrogen-bond donors (Lipinski definition) is 1. The second-order valence-electron chi connectivity index (χ2n) is 6.64. The first-order valence-corrected chi connectivity index (χ1v) is 8.46. The standard InChI is InChI=1S/C15H21F3N2S/c1-8(2)19-7-12-13(15(16,17)18)20-14(21-12)11-6-9-3-4-10(11)5-9/h8-11,19H,3-7H2,1-2H3. The molecule has 2 fully saturated rings. The summed E-state index contributed by atoms with van der Waals surface area (Å²) in [5.41, 5.74) is -0.668. The third-order valence-electron chi connectivity index (χ3n) is 4.71. The second kappa shape index (κ2) is 5.54. The van der Waals surface area contributed by atoms with E-state index in [-0.39, 0.29) is 18.5 Å². The minimum absolute atomic E-state index is 0.166. The van der Waals surface area contributed by atoms with Crippen LogP contribution in [0.1, 0.15) is 61.0 Å². The third kappa shape index (κ3) is 3.11. The van der Waals surface area contributed by atoms with Crippen molar-refractivity contribution in [1.29, 1.82) is 0 Å². The van der Waals surface area contributed by atoms with E-state index in [1.165, 1.54) is 24.2 Å². The average Bonchev–Trinajstić information content (AvgIpc) is 3.09. The van der Waals surface area contributed by atoms with Crippen LogP contribution in [0.5, 0.6) is 0 Å². The molecule has 2 aliphatic carbocycles. The Morgan fingerprint density at radius 1 is 1.29 bits per heavy atom. The van der Waals surface area contributed by atoms with Crippen molar-refractivity contribution in [2.24, 2.45) is 11.8 Å². The van der Waals surface area contributed by atoms with Gasteiger partial charge in [0.15, 0.2) is 5.69 Å². The van der Waals surface area contributed by atoms with Gasteiger partial charge in [-0.1, -0.05) is 20.3 Å². The summed E-state index contributed by atoms with van der Waals surface area (Å²) in [6.07, 6.45) is 0.286. The van der Waals surface area contributed by atoms with Crippen molar-refractivity contribution >= 4 is 11.3 Å². The van der Waals surface area contributed by atoms with Crippen molar-refractivity contribution < 1.29 is 13.2 Å². The van der Waals surface area contributed by atoms with E-state index >= 15 is 0 Å². The highest BCUT2D eigenvalue weighted by Crippen LogP contribution is 2.54. The molecule has 2 bridgehead atoms. The summed E-state index contributed by atoms with van der Waals surface area (Å²) in [5.74, 6) is 1.55. The number of fused-ring (bicyclic) bond motifs is 2. The molecule has 21 heavy (non-hydrogen) atoms. The van der Waals surface area contributed by atoms with Gasteiger partial charge in [0.05, 0.1) is 9.88 Å². The van der Waals surface area contributed by atoms with Crippen LogP contribution < -0.4 is 5.32 Å². The van der Waals surface area contributed by atoms with Gasteiger partial charge in [-0.2, -0.15) is 13.2 Å². The first-order chi connectivity index (χ1) is 9.84. The molecule has 0 saturated heterocycles. The number of nitrogens with zero attached hydrogens (tertiary/aromatic N) is 1. The molecule has 0 aromatic carbocycles. The van der Waals surface area contributed by atoms with E-state index in [1.54, 1.807) is 0 Å². The number of alkyl halides is 3. The molecule has 1 N–H and O–H groups in total. The van der Waals surface area contributed by atoms with Gasteiger partial charge in [-0.05, 0) is 31.1 Å². The zero-order chi connectivity index (χ0) is 15.2. The van der Waals surface area contributed by atoms with Gasteiger partial charge in [-0.25, -0.2) is 4.98 Å². The van der Waals surface area contributed by atoms with E-state index in [1.807, 2.05) is 13.8 Å². The van der Waals surface area contributed by atoms with Crippen LogP contribution in [0.4, 0.5) is 13.2 Å². The number of rotatable bonds is 4. The summed E-state index contributed by atoms with van der Waals surface area (Å²) < 4.78 is 39.5. The summed E-state index contributed by atoms with van der Waals surface area (Å²) in [6.45, 7) is 4.13. The average molecular weight is 318 g/mol. The van der Waals surface area contributed by atoms with Crippen LogP contribution in [0.25, 0.3) is 0 Å². The number of thiazole rings is 1. The maximum absolute atomic E-state index is 13.2. The van der Waals surface area contributed by atoms with Gasteiger partial charge in [-0.3, -0.25) is 0 Å². The maximum atomic E-state index is 13.2. The van der Waals surface area contributed by atoms with E-state index < -0.39 is 11.9 Å². The molecule has 2 saturated carbocycles. The Labute approximate surface area is 127 Å². The molecule has 1 heterocycles. The number of nitrogens with one attached hydrogen (secondary N) is 1. The molecule has 0 spiro atoms. The van der Waals surface area contributed by atoms with E-state index in [0.29, 0.717) is 10.8 Å². The predicted molar refractivity (Wildman–Crippen MR) is 77.3 cm³/mol. The van der Waals surface area contributed by atoms with Crippen molar-refractivity contribution in [2.45, 2.75) is 64.2 Å². The molecule has 0 aliphatic heterocycles. The third-order valence-corrected chi connectivity index (χ3v) is 5.90. The Hall–Kier alpha value is -0.620. The van der Waals surface area contributed by atoms with Crippen LogP contribution in [-0.4, -0.2) is 11.0 Å². The van der Waals surface area contributed by atoms with Gasteiger partial charge in [0.25, 0.3) is 0 Å². The Balaban J connectivity index is 1.85. The van der Waals surface area contributed by atoms with E-state index in [0.717, 1.165) is 23.8 Å². The molecule has 1 aromatic rings. The van der Waals surface area contributed by atoms with Gasteiger partial charge < -0.3 is 5.32 Å². The zero-order valence-corrected chi connectivity index (χ0v) is 13.2. The van der Waals surface area contributed by atoms with Crippen LogP contribution in [0, 0.1) is 11.8 Å². The topological polar surface area (TPSA) is 24.9 Å². The maximum Gasteiger partial charge on any atom is 0.434 e. The molecule has 0 amide bonds. The summed E-state index contributed by atoms with van der Waals surface area (Å²) >= 11 is 1.27. The quantitative estimate of drug-likeness (QED) is 0.880. The first kappa shape index (κ1) is 15.3. The van der Waals surface area contributed by atoms with Gasteiger partial charge in [0.2, 0.25) is 0 Å². The molecule has 2 aliphatic rings. The van der Waals surface area contributed by atoms with Crippen LogP contribution in [0.2, 0.25) is 0 Å². The number of aromatic nitrogens is 1. The van der Waals surface area contributed by atoms with Crippen LogP contribution in [0.3, 0.4) is 0 Å². The SMILES string of the molecule is CC(C)NCc1sc(C2CC3CCC2C3)nc1C(F)(F)F. The van der Waals surface area contributed by atoms with Crippen LogP contribution in [0.15, 0.2) is 0 Å². The largest absolute Gasteiger partial charge is 0.434 e. The Kier molecular flexibility index (Phi) is 4.03. The first-order valence-electron chi connectivity index (χ1n) is 7.64. The Morgan fingerprint density at radius 2 is 2.05 bits per heavy atom. The fourth-order valence-corrected chi connectivity index (χ4v) is 4.96. The lowest BCUT2D eigenvalue weighted by Gasteiger charge is -2.18. The molecule has 3 rings (SSSR count). The predicted octanol–water partition coefficient (Wildman–Crippen LogP) is 4.56. The fourth-order valence-electron chi connectivity index (χ4n) is 3.71. The van der Waals surface area contributed by atoms with Crippen molar-refractivity contribution in [1.82, 2.24) is 10.3 Å². The van der Waals surface area contributed by atoms with Gasteiger partial charge in [0, 0.05) is 18.5 Å².